The Labute approximate surface area is 216 Å². The molecule has 38 heavy (non-hydrogen) atoms. The second-order valence-corrected chi connectivity index (χ2v) is 8.78. The molecule has 0 fully saturated rings. The van der Waals surface area contributed by atoms with E-state index in [0.29, 0.717) is 29.0 Å². The number of carbonyl (C=O) groups excluding carboxylic acids is 2. The van der Waals surface area contributed by atoms with Gasteiger partial charge in [-0.1, -0.05) is 24.3 Å². The fraction of sp³-hybridized carbons (Fsp3) is 0.214. The lowest BCUT2D eigenvalue weighted by atomic mass is 9.85. The van der Waals surface area contributed by atoms with E-state index < -0.39 is 35.6 Å². The number of amides is 2. The lowest BCUT2D eigenvalue weighted by molar-refractivity contribution is -0.148. The highest BCUT2D eigenvalue weighted by atomic mass is 19.1. The van der Waals surface area contributed by atoms with Gasteiger partial charge < -0.3 is 19.5 Å². The van der Waals surface area contributed by atoms with E-state index in [1.807, 2.05) is 12.1 Å². The van der Waals surface area contributed by atoms with Gasteiger partial charge in [-0.2, -0.15) is 5.26 Å². The molecular weight excluding hydrogens is 496 g/mol. The fourth-order valence-corrected chi connectivity index (χ4v) is 4.46. The van der Waals surface area contributed by atoms with Crippen LogP contribution in [0.1, 0.15) is 34.7 Å². The summed E-state index contributed by atoms with van der Waals surface area (Å²) in [4.78, 5) is 30.0. The Hall–Kier alpha value is -4.78. The van der Waals surface area contributed by atoms with Gasteiger partial charge in [-0.25, -0.2) is 18.6 Å². The van der Waals surface area contributed by atoms with Crippen LogP contribution in [0.4, 0.5) is 13.6 Å². The normalized spacial score (nSPS) is 17.8. The van der Waals surface area contributed by atoms with Crippen LogP contribution < -0.4 is 14.8 Å². The van der Waals surface area contributed by atoms with Crippen molar-refractivity contribution in [3.63, 3.8) is 0 Å². The number of fused-ring (bicyclic) bond motifs is 1. The Bertz CT molecular complexity index is 1480. The Kier molecular flexibility index (Phi) is 7.00. The third kappa shape index (κ3) is 5.32. The zero-order chi connectivity index (χ0) is 26.6. The Morgan fingerprint density at radius 3 is 2.68 bits per heavy atom. The number of urea groups is 1. The Morgan fingerprint density at radius 1 is 1.05 bits per heavy atom. The highest BCUT2D eigenvalue weighted by molar-refractivity contribution is 6.09. The second-order valence-electron chi connectivity index (χ2n) is 8.78. The first-order chi connectivity index (χ1) is 18.4. The van der Waals surface area contributed by atoms with Gasteiger partial charge in [0.25, 0.3) is 0 Å². The van der Waals surface area contributed by atoms with E-state index in [4.69, 9.17) is 19.5 Å². The van der Waals surface area contributed by atoms with Gasteiger partial charge in [-0.3, -0.25) is 4.79 Å². The van der Waals surface area contributed by atoms with Gasteiger partial charge >= 0.3 is 12.0 Å². The third-order valence-electron chi connectivity index (χ3n) is 6.32. The van der Waals surface area contributed by atoms with Gasteiger partial charge in [0.05, 0.1) is 11.6 Å². The zero-order valence-electron chi connectivity index (χ0n) is 19.9. The van der Waals surface area contributed by atoms with E-state index in [9.17, 15) is 18.4 Å². The number of halogens is 2. The van der Waals surface area contributed by atoms with E-state index in [1.54, 1.807) is 18.2 Å². The molecule has 5 rings (SSSR count). The Morgan fingerprint density at radius 2 is 1.87 bits per heavy atom. The number of nitrogens with zero attached hydrogens (tertiary/aromatic N) is 2. The molecule has 2 heterocycles. The highest BCUT2D eigenvalue weighted by Crippen LogP contribution is 2.34. The van der Waals surface area contributed by atoms with E-state index in [2.05, 4.69) is 10.3 Å². The molecule has 0 bridgehead atoms. The molecule has 0 saturated heterocycles. The number of carbonyl (C=O) groups is 2. The minimum Gasteiger partial charge on any atom is -0.460 e. The predicted octanol–water partition coefficient (Wildman–Crippen LogP) is 4.76. The minimum absolute atomic E-state index is 0.138. The number of benzene rings is 3. The molecule has 3 aromatic rings. The van der Waals surface area contributed by atoms with Crippen molar-refractivity contribution in [1.82, 2.24) is 5.32 Å². The molecule has 0 radical (unpaired) electrons. The number of aliphatic imine (C=N–C) groups is 1. The van der Waals surface area contributed by atoms with Crippen LogP contribution in [0.3, 0.4) is 0 Å². The summed E-state index contributed by atoms with van der Waals surface area (Å²) in [6.45, 7) is -0.0949. The van der Waals surface area contributed by atoms with Crippen LogP contribution in [0.5, 0.6) is 11.5 Å². The summed E-state index contributed by atoms with van der Waals surface area (Å²) in [5.74, 6) is -1.71. The summed E-state index contributed by atoms with van der Waals surface area (Å²) in [7, 11) is 0. The van der Waals surface area contributed by atoms with Gasteiger partial charge in [-0.15, -0.1) is 0 Å². The van der Waals surface area contributed by atoms with Crippen molar-refractivity contribution in [2.45, 2.75) is 25.5 Å². The molecule has 2 aliphatic heterocycles. The maximum atomic E-state index is 14.1. The van der Waals surface area contributed by atoms with Crippen molar-refractivity contribution in [3.05, 3.63) is 94.6 Å². The predicted molar refractivity (Wildman–Crippen MR) is 130 cm³/mol. The summed E-state index contributed by atoms with van der Waals surface area (Å²) >= 11 is 0. The third-order valence-corrected chi connectivity index (χ3v) is 6.32. The summed E-state index contributed by atoms with van der Waals surface area (Å²) in [5, 5.41) is 11.7. The molecule has 10 heteroatoms. The van der Waals surface area contributed by atoms with E-state index in [-0.39, 0.29) is 31.1 Å². The van der Waals surface area contributed by atoms with Crippen LogP contribution in [0.15, 0.2) is 65.7 Å². The van der Waals surface area contributed by atoms with Crippen LogP contribution in [-0.2, 0) is 22.6 Å². The number of esters is 1. The topological polar surface area (TPSA) is 110 Å². The molecule has 192 valence electrons. The molecule has 0 spiro atoms. The standard InChI is InChI=1S/C28H21F2N3O5/c29-20-3-1-2-18(12-20)26-25(27(34)36-14-17-4-7-21(30)19(10-17)13-31)22(32-28(35)33-26)8-5-16-6-9-23-24(11-16)38-15-37-23/h1-4,6-7,9-12,25-26H,5,8,14-15H2,(H,33,35). The molecule has 0 aliphatic carbocycles. The van der Waals surface area contributed by atoms with E-state index >= 15 is 0 Å². The van der Waals surface area contributed by atoms with Gasteiger partial charge in [0.15, 0.2) is 11.5 Å². The van der Waals surface area contributed by atoms with E-state index in [0.717, 1.165) is 11.6 Å². The molecule has 2 aliphatic rings. The number of hydrogen-bond acceptors (Lipinski definition) is 6. The van der Waals surface area contributed by atoms with Crippen LogP contribution >= 0.6 is 0 Å². The maximum Gasteiger partial charge on any atom is 0.341 e. The number of aryl methyl sites for hydroxylation is 1. The summed E-state index contributed by atoms with van der Waals surface area (Å²) < 4.78 is 44.0. The quantitative estimate of drug-likeness (QED) is 0.453. The first-order valence-electron chi connectivity index (χ1n) is 11.8. The average Bonchev–Trinajstić information content (AvgIpc) is 3.39. The molecule has 2 amide bonds. The molecular formula is C28H21F2N3O5. The van der Waals surface area contributed by atoms with Gasteiger partial charge in [0, 0.05) is 5.71 Å². The zero-order valence-corrected chi connectivity index (χ0v) is 19.9. The largest absolute Gasteiger partial charge is 0.460 e. The molecule has 0 aromatic heterocycles. The number of rotatable bonds is 7. The average molecular weight is 517 g/mol. The minimum atomic E-state index is -1.04. The summed E-state index contributed by atoms with van der Waals surface area (Å²) in [6.07, 6.45) is 0.680. The molecule has 3 aromatic carbocycles. The van der Waals surface area contributed by atoms with Crippen molar-refractivity contribution in [2.24, 2.45) is 10.9 Å². The van der Waals surface area contributed by atoms with Crippen LogP contribution in [0, 0.1) is 28.9 Å². The van der Waals surface area contributed by atoms with Crippen molar-refractivity contribution < 1.29 is 32.6 Å². The number of nitrogens with one attached hydrogen (secondary N) is 1. The van der Waals surface area contributed by atoms with Crippen molar-refractivity contribution in [3.8, 4) is 17.6 Å². The number of ether oxygens (including phenoxy) is 3. The fourth-order valence-electron chi connectivity index (χ4n) is 4.46. The molecule has 8 nitrogen and oxygen atoms in total. The van der Waals surface area contributed by atoms with Crippen LogP contribution in [0.25, 0.3) is 0 Å². The molecule has 2 atom stereocenters. The second kappa shape index (κ2) is 10.7. The van der Waals surface area contributed by atoms with Gasteiger partial charge in [0.1, 0.15) is 30.2 Å². The highest BCUT2D eigenvalue weighted by Gasteiger charge is 2.39. The maximum absolute atomic E-state index is 14.1. The summed E-state index contributed by atoms with van der Waals surface area (Å²) in [5.41, 5.74) is 1.78. The lowest BCUT2D eigenvalue weighted by Crippen LogP contribution is -2.45. The molecule has 0 saturated carbocycles. The van der Waals surface area contributed by atoms with Crippen LogP contribution in [0.2, 0.25) is 0 Å². The number of nitriles is 1. The lowest BCUT2D eigenvalue weighted by Gasteiger charge is -2.31. The monoisotopic (exact) mass is 517 g/mol. The molecule has 2 unspecified atom stereocenters. The molecule has 1 N–H and O–H groups in total. The van der Waals surface area contributed by atoms with Crippen LogP contribution in [-0.4, -0.2) is 24.5 Å². The van der Waals surface area contributed by atoms with Crippen molar-refractivity contribution >= 4 is 17.7 Å². The van der Waals surface area contributed by atoms with Gasteiger partial charge in [-0.05, 0) is 65.9 Å². The first-order valence-corrected chi connectivity index (χ1v) is 11.8. The van der Waals surface area contributed by atoms with Crippen molar-refractivity contribution in [1.29, 1.82) is 5.26 Å². The number of hydrogen-bond donors (Lipinski definition) is 1. The smallest absolute Gasteiger partial charge is 0.341 e. The van der Waals surface area contributed by atoms with E-state index in [1.165, 1.54) is 30.3 Å². The van der Waals surface area contributed by atoms with Gasteiger partial charge in [0.2, 0.25) is 6.79 Å². The SMILES string of the molecule is N#Cc1cc(COC(=O)C2C(CCc3ccc4c(c3)OCO4)=NC(=O)NC2c2cccc(F)c2)ccc1F. The first kappa shape index (κ1) is 24.9. The summed E-state index contributed by atoms with van der Waals surface area (Å²) in [6, 6.07) is 15.1. The Balaban J connectivity index is 1.40. The van der Waals surface area contributed by atoms with Crippen molar-refractivity contribution in [2.75, 3.05) is 6.79 Å².